The van der Waals surface area contributed by atoms with E-state index in [2.05, 4.69) is 43.5 Å². The third-order valence-electron chi connectivity index (χ3n) is 16.0. The second kappa shape index (κ2) is 64.9. The van der Waals surface area contributed by atoms with Gasteiger partial charge >= 0.3 is 5.97 Å². The lowest BCUT2D eigenvalue weighted by molar-refractivity contribution is -0.143. The second-order valence-corrected chi connectivity index (χ2v) is 23.5. The fraction of sp³-hybridized carbons (Fsp3) is 0.913. The topological polar surface area (TPSA) is 95.9 Å². The van der Waals surface area contributed by atoms with E-state index in [9.17, 15) is 19.8 Å². The lowest BCUT2D eigenvalue weighted by atomic mass is 10.0. The Balaban J connectivity index is 3.35. The molecule has 1 amide bonds. The summed E-state index contributed by atoms with van der Waals surface area (Å²) in [5, 5.41) is 23.4. The van der Waals surface area contributed by atoms with E-state index < -0.39 is 12.1 Å². The third-order valence-corrected chi connectivity index (χ3v) is 16.0. The Kier molecular flexibility index (Phi) is 63.4. The summed E-state index contributed by atoms with van der Waals surface area (Å²) < 4.78 is 5.48. The maximum absolute atomic E-state index is 12.5. The Morgan fingerprint density at radius 1 is 0.373 bits per heavy atom. The zero-order valence-electron chi connectivity index (χ0n) is 50.8. The summed E-state index contributed by atoms with van der Waals surface area (Å²) in [7, 11) is 0. The summed E-state index contributed by atoms with van der Waals surface area (Å²) in [4.78, 5) is 24.6. The maximum atomic E-state index is 12.5. The molecule has 2 unspecified atom stereocenters. The number of allylic oxidation sites excluding steroid dienone is 4. The number of esters is 1. The molecule has 0 bridgehead atoms. The molecule has 0 spiro atoms. The highest BCUT2D eigenvalue weighted by Crippen LogP contribution is 2.19. The van der Waals surface area contributed by atoms with Gasteiger partial charge in [0, 0.05) is 12.8 Å². The van der Waals surface area contributed by atoms with Gasteiger partial charge in [-0.25, -0.2) is 0 Å². The molecule has 75 heavy (non-hydrogen) atoms. The minimum atomic E-state index is -0.663. The van der Waals surface area contributed by atoms with Gasteiger partial charge in [-0.05, 0) is 51.4 Å². The number of aliphatic hydroxyl groups is 2. The molecule has 0 rings (SSSR count). The van der Waals surface area contributed by atoms with Crippen molar-refractivity contribution in [3.63, 3.8) is 0 Å². The van der Waals surface area contributed by atoms with Gasteiger partial charge in [-0.2, -0.15) is 0 Å². The van der Waals surface area contributed by atoms with Crippen molar-refractivity contribution in [3.05, 3.63) is 24.3 Å². The lowest BCUT2D eigenvalue weighted by Gasteiger charge is -2.22. The highest BCUT2D eigenvalue weighted by molar-refractivity contribution is 5.76. The van der Waals surface area contributed by atoms with E-state index in [0.29, 0.717) is 25.9 Å². The zero-order chi connectivity index (χ0) is 54.3. The smallest absolute Gasteiger partial charge is 0.305 e. The molecule has 3 N–H and O–H groups in total. The van der Waals surface area contributed by atoms with E-state index in [0.717, 1.165) is 51.4 Å². The Morgan fingerprint density at radius 2 is 0.693 bits per heavy atom. The van der Waals surface area contributed by atoms with Crippen LogP contribution in [0, 0.1) is 0 Å². The number of rotatable bonds is 64. The molecule has 0 fully saturated rings. The summed E-state index contributed by atoms with van der Waals surface area (Å²) >= 11 is 0. The van der Waals surface area contributed by atoms with Crippen LogP contribution in [-0.4, -0.2) is 47.4 Å². The Morgan fingerprint density at radius 3 is 1.07 bits per heavy atom. The highest BCUT2D eigenvalue weighted by atomic mass is 16.5. The summed E-state index contributed by atoms with van der Waals surface area (Å²) in [6.07, 6.45) is 80.7. The van der Waals surface area contributed by atoms with E-state index >= 15 is 0 Å². The summed E-state index contributed by atoms with van der Waals surface area (Å²) in [5.41, 5.74) is 0. The quantitative estimate of drug-likeness (QED) is 0.0320. The number of aliphatic hydroxyl groups excluding tert-OH is 2. The first-order chi connectivity index (χ1) is 37.0. The molecular formula is C69H133NO5. The molecule has 0 aliphatic rings. The Labute approximate surface area is 469 Å². The third kappa shape index (κ3) is 61.4. The Bertz CT molecular complexity index is 1170. The first-order valence-corrected chi connectivity index (χ1v) is 34.1. The molecular weight excluding hydrogens is 923 g/mol. The van der Waals surface area contributed by atoms with Crippen LogP contribution in [-0.2, 0) is 14.3 Å². The SMILES string of the molecule is CCC/C=C\C/C=C\CCCCCCCC(=O)OCCCCCCCCCCCCCCCCCCCCCCCCCCCCCC(=O)NC(CO)C(O)CCCCCCCCCCCCCCCCCCCC. The average molecular weight is 1060 g/mol. The van der Waals surface area contributed by atoms with E-state index in [4.69, 9.17) is 4.74 Å². The molecule has 0 saturated heterocycles. The van der Waals surface area contributed by atoms with Crippen molar-refractivity contribution < 1.29 is 24.5 Å². The van der Waals surface area contributed by atoms with Gasteiger partial charge in [0.15, 0.2) is 0 Å². The summed E-state index contributed by atoms with van der Waals surface area (Å²) in [6.45, 7) is 4.92. The standard InChI is InChI=1S/C69H133NO5/c1-3-5-7-9-11-13-15-17-18-19-31-34-38-41-45-49-53-57-61-67(72)66(65-71)70-68(73)62-58-54-50-46-42-39-35-32-29-27-25-23-21-20-22-24-26-28-30-33-36-40-44-48-52-56-60-64-75-69(74)63-59-55-51-47-43-37-16-14-12-10-8-6-4-2/h8,10,14,16,66-67,71-72H,3-7,9,11-13,15,17-65H2,1-2H3,(H,70,73)/b10-8-,16-14-. The Hall–Kier alpha value is -1.66. The van der Waals surface area contributed by atoms with Crippen molar-refractivity contribution in [2.45, 2.75) is 392 Å². The molecule has 0 radical (unpaired) electrons. The van der Waals surface area contributed by atoms with Crippen LogP contribution in [0.4, 0.5) is 0 Å². The number of nitrogens with one attached hydrogen (secondary N) is 1. The van der Waals surface area contributed by atoms with Crippen molar-refractivity contribution in [2.75, 3.05) is 13.2 Å². The molecule has 0 aliphatic carbocycles. The monoisotopic (exact) mass is 1060 g/mol. The number of unbranched alkanes of at least 4 members (excludes halogenated alkanes) is 49. The van der Waals surface area contributed by atoms with E-state index in [1.54, 1.807) is 0 Å². The summed E-state index contributed by atoms with van der Waals surface area (Å²) in [5.74, 6) is -0.0254. The molecule has 6 nitrogen and oxygen atoms in total. The van der Waals surface area contributed by atoms with Crippen LogP contribution < -0.4 is 5.32 Å². The summed E-state index contributed by atoms with van der Waals surface area (Å²) in [6, 6.07) is -0.539. The molecule has 444 valence electrons. The highest BCUT2D eigenvalue weighted by Gasteiger charge is 2.20. The predicted molar refractivity (Wildman–Crippen MR) is 329 cm³/mol. The number of hydrogen-bond acceptors (Lipinski definition) is 5. The van der Waals surface area contributed by atoms with Gasteiger partial charge < -0.3 is 20.3 Å². The number of carbonyl (C=O) groups excluding carboxylic acids is 2. The average Bonchev–Trinajstić information content (AvgIpc) is 3.41. The number of amides is 1. The van der Waals surface area contributed by atoms with Crippen LogP contribution in [0.1, 0.15) is 380 Å². The van der Waals surface area contributed by atoms with Gasteiger partial charge in [0.25, 0.3) is 0 Å². The van der Waals surface area contributed by atoms with Crippen LogP contribution in [0.15, 0.2) is 24.3 Å². The van der Waals surface area contributed by atoms with Gasteiger partial charge in [0.2, 0.25) is 5.91 Å². The lowest BCUT2D eigenvalue weighted by Crippen LogP contribution is -2.45. The number of hydrogen-bond donors (Lipinski definition) is 3. The van der Waals surface area contributed by atoms with Crippen LogP contribution >= 0.6 is 0 Å². The maximum Gasteiger partial charge on any atom is 0.305 e. The van der Waals surface area contributed by atoms with Crippen molar-refractivity contribution >= 4 is 11.9 Å². The molecule has 0 saturated carbocycles. The normalized spacial score (nSPS) is 12.6. The molecule has 0 aromatic heterocycles. The fourth-order valence-corrected chi connectivity index (χ4v) is 10.8. The second-order valence-electron chi connectivity index (χ2n) is 23.5. The van der Waals surface area contributed by atoms with Crippen LogP contribution in [0.3, 0.4) is 0 Å². The van der Waals surface area contributed by atoms with E-state index in [1.165, 1.54) is 295 Å². The predicted octanol–water partition coefficient (Wildman–Crippen LogP) is 21.8. The van der Waals surface area contributed by atoms with Gasteiger partial charge in [0.05, 0.1) is 25.4 Å². The van der Waals surface area contributed by atoms with E-state index in [1.807, 2.05) is 0 Å². The number of carbonyl (C=O) groups is 2. The zero-order valence-corrected chi connectivity index (χ0v) is 50.8. The molecule has 0 aromatic rings. The molecule has 6 heteroatoms. The van der Waals surface area contributed by atoms with Crippen molar-refractivity contribution in [1.29, 1.82) is 0 Å². The molecule has 0 aliphatic heterocycles. The number of ether oxygens (including phenoxy) is 1. The first kappa shape index (κ1) is 73.3. The first-order valence-electron chi connectivity index (χ1n) is 34.1. The van der Waals surface area contributed by atoms with Crippen molar-refractivity contribution in [1.82, 2.24) is 5.32 Å². The van der Waals surface area contributed by atoms with Gasteiger partial charge in [-0.3, -0.25) is 9.59 Å². The van der Waals surface area contributed by atoms with Crippen LogP contribution in [0.5, 0.6) is 0 Å². The molecule has 0 heterocycles. The van der Waals surface area contributed by atoms with Crippen molar-refractivity contribution in [3.8, 4) is 0 Å². The van der Waals surface area contributed by atoms with Crippen LogP contribution in [0.25, 0.3) is 0 Å². The van der Waals surface area contributed by atoms with Gasteiger partial charge in [-0.1, -0.05) is 340 Å². The van der Waals surface area contributed by atoms with Gasteiger partial charge in [0.1, 0.15) is 0 Å². The van der Waals surface area contributed by atoms with Gasteiger partial charge in [-0.15, -0.1) is 0 Å². The minimum Gasteiger partial charge on any atom is -0.466 e. The molecule has 0 aromatic carbocycles. The molecule has 2 atom stereocenters. The van der Waals surface area contributed by atoms with E-state index in [-0.39, 0.29) is 18.5 Å². The minimum absolute atomic E-state index is 0.00324. The largest absolute Gasteiger partial charge is 0.466 e. The fourth-order valence-electron chi connectivity index (χ4n) is 10.8. The van der Waals surface area contributed by atoms with Crippen LogP contribution in [0.2, 0.25) is 0 Å². The van der Waals surface area contributed by atoms with Crippen molar-refractivity contribution in [2.24, 2.45) is 0 Å².